The van der Waals surface area contributed by atoms with E-state index in [1.165, 1.54) is 0 Å². The first-order chi connectivity index (χ1) is 22.6. The molecule has 0 atom stereocenters. The molecule has 0 saturated heterocycles. The summed E-state index contributed by atoms with van der Waals surface area (Å²) in [6, 6.07) is 16.1. The molecule has 1 aliphatic rings. The average molecular weight is 707 g/mol. The van der Waals surface area contributed by atoms with Crippen LogP contribution in [0.2, 0.25) is 10.0 Å². The fourth-order valence-corrected chi connectivity index (χ4v) is 8.81. The summed E-state index contributed by atoms with van der Waals surface area (Å²) < 4.78 is 12.0. The Kier molecular flexibility index (Phi) is 8.72. The van der Waals surface area contributed by atoms with E-state index in [1.54, 1.807) is 28.1 Å². The first-order valence-electron chi connectivity index (χ1n) is 15.2. The molecule has 0 aliphatic carbocycles. The number of aryl methyl sites for hydroxylation is 4. The number of nitrogens with zero attached hydrogens (tertiary/aromatic N) is 5. The molecular weight excluding hydrogens is 673 g/mol. The third-order valence-electron chi connectivity index (χ3n) is 8.85. The Balaban J connectivity index is 1.36. The van der Waals surface area contributed by atoms with Gasteiger partial charge in [-0.3, -0.25) is 9.36 Å². The molecule has 1 N–H and O–H groups in total. The predicted octanol–water partition coefficient (Wildman–Crippen LogP) is 8.83. The third-order valence-corrected chi connectivity index (χ3v) is 11.4. The van der Waals surface area contributed by atoms with Crippen molar-refractivity contribution in [2.45, 2.75) is 41.9 Å². The van der Waals surface area contributed by atoms with Gasteiger partial charge in [-0.15, -0.1) is 23.5 Å². The molecule has 6 aromatic rings. The van der Waals surface area contributed by atoms with Crippen LogP contribution in [0.4, 0.5) is 0 Å². The van der Waals surface area contributed by atoms with Gasteiger partial charge in [0.25, 0.3) is 0 Å². The number of aromatic nitrogens is 5. The number of hydrogen-bond donors (Lipinski definition) is 1. The topological polar surface area (TPSA) is 87.1 Å². The Bertz CT molecular complexity index is 2200. The predicted molar refractivity (Wildman–Crippen MR) is 192 cm³/mol. The Morgan fingerprint density at radius 1 is 0.936 bits per heavy atom. The third kappa shape index (κ3) is 5.90. The highest BCUT2D eigenvalue weighted by atomic mass is 35.5. The molecule has 4 heterocycles. The second kappa shape index (κ2) is 12.8. The zero-order valence-corrected chi connectivity index (χ0v) is 29.6. The quantitative estimate of drug-likeness (QED) is 0.183. The van der Waals surface area contributed by atoms with Crippen molar-refractivity contribution in [2.24, 2.45) is 21.1 Å². The van der Waals surface area contributed by atoms with Crippen molar-refractivity contribution >= 4 is 74.4 Å². The van der Waals surface area contributed by atoms with Crippen LogP contribution >= 0.6 is 46.7 Å². The zero-order chi connectivity index (χ0) is 33.0. The van der Waals surface area contributed by atoms with E-state index >= 15 is 0 Å². The Hall–Kier alpha value is -3.57. The normalized spacial score (nSPS) is 14.3. The summed E-state index contributed by atoms with van der Waals surface area (Å²) in [5, 5.41) is 24.2. The highest BCUT2D eigenvalue weighted by molar-refractivity contribution is 7.98. The Labute approximate surface area is 291 Å². The highest BCUT2D eigenvalue weighted by Crippen LogP contribution is 2.43. The molecule has 242 valence electrons. The summed E-state index contributed by atoms with van der Waals surface area (Å²) in [5.41, 5.74) is 7.57. The number of aromatic carboxylic acids is 1. The minimum Gasteiger partial charge on any atom is -0.493 e. The molecule has 7 rings (SSSR count). The number of fused-ring (bicyclic) bond motifs is 8. The van der Waals surface area contributed by atoms with Crippen molar-refractivity contribution in [1.82, 2.24) is 24.1 Å². The van der Waals surface area contributed by atoms with E-state index in [2.05, 4.69) is 18.2 Å². The van der Waals surface area contributed by atoms with Gasteiger partial charge in [0, 0.05) is 81.6 Å². The molecule has 0 spiro atoms. The number of thioether (sulfide) groups is 2. The number of carbonyl (C=O) groups is 1. The number of ether oxygens (including phenoxy) is 1. The van der Waals surface area contributed by atoms with Crippen LogP contribution in [0.15, 0.2) is 53.4 Å². The number of rotatable bonds is 1. The summed E-state index contributed by atoms with van der Waals surface area (Å²) in [7, 11) is 5.73. The van der Waals surface area contributed by atoms with Gasteiger partial charge < -0.3 is 14.4 Å². The monoisotopic (exact) mass is 705 g/mol. The fraction of sp³-hybridized carbons (Fsp3) is 0.286. The minimum atomic E-state index is -0.977. The van der Waals surface area contributed by atoms with Crippen LogP contribution in [0.25, 0.3) is 32.8 Å². The second-order valence-electron chi connectivity index (χ2n) is 11.8. The molecule has 8 bridgehead atoms. The van der Waals surface area contributed by atoms with Crippen molar-refractivity contribution < 1.29 is 14.6 Å². The molecule has 3 aromatic carbocycles. The summed E-state index contributed by atoms with van der Waals surface area (Å²) in [6.45, 7) is 2.43. The van der Waals surface area contributed by atoms with Crippen molar-refractivity contribution in [3.63, 3.8) is 0 Å². The first-order valence-corrected chi connectivity index (χ1v) is 18.1. The van der Waals surface area contributed by atoms with Gasteiger partial charge in [-0.1, -0.05) is 35.3 Å². The lowest BCUT2D eigenvalue weighted by Gasteiger charge is -2.13. The molecule has 12 heteroatoms. The molecule has 47 heavy (non-hydrogen) atoms. The van der Waals surface area contributed by atoms with Crippen LogP contribution in [0.1, 0.15) is 45.2 Å². The van der Waals surface area contributed by atoms with E-state index in [9.17, 15) is 9.90 Å². The lowest BCUT2D eigenvalue weighted by molar-refractivity contribution is 0.0685. The lowest BCUT2D eigenvalue weighted by atomic mass is 9.98. The van der Waals surface area contributed by atoms with Gasteiger partial charge in [0.05, 0.1) is 28.5 Å². The van der Waals surface area contributed by atoms with Gasteiger partial charge >= 0.3 is 5.97 Å². The number of benzene rings is 3. The molecule has 1 aliphatic heterocycles. The van der Waals surface area contributed by atoms with Crippen molar-refractivity contribution in [3.05, 3.63) is 92.6 Å². The Morgan fingerprint density at radius 2 is 1.77 bits per heavy atom. The van der Waals surface area contributed by atoms with E-state index < -0.39 is 5.97 Å². The maximum absolute atomic E-state index is 12.7. The van der Waals surface area contributed by atoms with E-state index in [1.807, 2.05) is 67.8 Å². The summed E-state index contributed by atoms with van der Waals surface area (Å²) in [5.74, 6) is 1.90. The molecular formula is C35H33Cl2N5O3S2. The van der Waals surface area contributed by atoms with Gasteiger partial charge in [0.15, 0.2) is 0 Å². The molecule has 3 aromatic heterocycles. The van der Waals surface area contributed by atoms with Crippen LogP contribution in [0.3, 0.4) is 0 Å². The largest absolute Gasteiger partial charge is 0.493 e. The van der Waals surface area contributed by atoms with Gasteiger partial charge in [-0.25, -0.2) is 4.79 Å². The number of hydrogen-bond acceptors (Lipinski definition) is 6. The lowest BCUT2D eigenvalue weighted by Crippen LogP contribution is -2.09. The van der Waals surface area contributed by atoms with Gasteiger partial charge in [-0.2, -0.15) is 10.2 Å². The van der Waals surface area contributed by atoms with Crippen LogP contribution < -0.4 is 4.74 Å². The molecule has 0 unspecified atom stereocenters. The number of carboxylic acid groups (broad SMARTS) is 1. The maximum atomic E-state index is 12.7. The minimum absolute atomic E-state index is 0.254. The summed E-state index contributed by atoms with van der Waals surface area (Å²) in [4.78, 5) is 13.8. The van der Waals surface area contributed by atoms with Crippen LogP contribution in [0.5, 0.6) is 5.75 Å². The van der Waals surface area contributed by atoms with E-state index in [-0.39, 0.29) is 5.69 Å². The van der Waals surface area contributed by atoms with Crippen molar-refractivity contribution in [2.75, 3.05) is 6.61 Å². The first kappa shape index (κ1) is 32.0. The van der Waals surface area contributed by atoms with Crippen molar-refractivity contribution in [3.8, 4) is 16.9 Å². The number of halogens is 2. The molecule has 8 nitrogen and oxygen atoms in total. The van der Waals surface area contributed by atoms with Gasteiger partial charge in [0.1, 0.15) is 11.4 Å². The zero-order valence-electron chi connectivity index (χ0n) is 26.4. The average Bonchev–Trinajstić information content (AvgIpc) is 3.63. The van der Waals surface area contributed by atoms with Crippen LogP contribution in [-0.4, -0.2) is 41.8 Å². The number of carboxylic acids is 1. The molecule has 0 fully saturated rings. The maximum Gasteiger partial charge on any atom is 0.352 e. The van der Waals surface area contributed by atoms with Crippen LogP contribution in [-0.2, 0) is 44.8 Å². The SMILES string of the molecule is Cc1c2c(nn1C)CSCc1cc(n(C)n1)CSc1cc(c3cc(Cl)ccc3c1)OCCCc1c(C(=O)O)n(C)c3c-2c(Cl)ccc13. The van der Waals surface area contributed by atoms with Gasteiger partial charge in [0.2, 0.25) is 0 Å². The van der Waals surface area contributed by atoms with E-state index in [0.29, 0.717) is 35.2 Å². The van der Waals surface area contributed by atoms with Crippen LogP contribution in [0, 0.1) is 6.92 Å². The van der Waals surface area contributed by atoms with Crippen molar-refractivity contribution in [1.29, 1.82) is 0 Å². The fourth-order valence-electron chi connectivity index (χ4n) is 6.56. The Morgan fingerprint density at radius 3 is 2.57 bits per heavy atom. The molecule has 0 amide bonds. The summed E-state index contributed by atoms with van der Waals surface area (Å²) in [6.07, 6.45) is 1.13. The highest BCUT2D eigenvalue weighted by Gasteiger charge is 2.27. The van der Waals surface area contributed by atoms with E-state index in [0.717, 1.165) is 83.3 Å². The smallest absolute Gasteiger partial charge is 0.352 e. The standard InChI is InChI=1S/C35H33Cl2N5O3S2/c1-19-31-29(39-41(19)3)18-46-16-22-14-23(42(4)38-22)17-47-24-12-20-7-8-21(36)13-27(20)30(15-24)45-11-5-6-25-26-9-10-28(37)32(31)33(26)40(2)34(25)35(43)44/h7-10,12-15H,5-6,11,16-18H2,1-4H3,(H,43,44). The van der Waals surface area contributed by atoms with Gasteiger partial charge in [-0.05, 0) is 67.1 Å². The van der Waals surface area contributed by atoms with E-state index in [4.69, 9.17) is 38.1 Å². The summed E-state index contributed by atoms with van der Waals surface area (Å²) >= 11 is 16.9. The molecule has 0 radical (unpaired) electrons. The molecule has 0 saturated carbocycles. The second-order valence-corrected chi connectivity index (χ2v) is 14.7.